The summed E-state index contributed by atoms with van der Waals surface area (Å²) in [7, 11) is 0. The summed E-state index contributed by atoms with van der Waals surface area (Å²) in [4.78, 5) is 48.2. The van der Waals surface area contributed by atoms with Crippen molar-refractivity contribution in [1.82, 2.24) is 14.7 Å². The van der Waals surface area contributed by atoms with Gasteiger partial charge in [-0.05, 0) is 51.5 Å². The number of unbranched alkanes of at least 4 members (excludes halogenated alkanes) is 1. The summed E-state index contributed by atoms with van der Waals surface area (Å²) in [5.74, 6) is -2.04. The zero-order valence-corrected chi connectivity index (χ0v) is 24.4. The molecule has 3 saturated heterocycles. The number of aliphatic hydroxyl groups is 1. The van der Waals surface area contributed by atoms with Crippen LogP contribution in [-0.4, -0.2) is 87.1 Å². The minimum absolute atomic E-state index is 0.00646. The van der Waals surface area contributed by atoms with E-state index >= 15 is 0 Å². The van der Waals surface area contributed by atoms with Gasteiger partial charge in [-0.25, -0.2) is 0 Å². The van der Waals surface area contributed by atoms with Crippen molar-refractivity contribution in [3.8, 4) is 0 Å². The van der Waals surface area contributed by atoms with Crippen molar-refractivity contribution in [1.29, 1.82) is 0 Å². The molecule has 3 unspecified atom stereocenters. The first-order chi connectivity index (χ1) is 19.1. The minimum atomic E-state index is -1.09. The van der Waals surface area contributed by atoms with Crippen LogP contribution < -0.4 is 0 Å². The third kappa shape index (κ3) is 4.90. The van der Waals surface area contributed by atoms with E-state index in [4.69, 9.17) is 4.74 Å². The average molecular weight is 552 g/mol. The predicted molar refractivity (Wildman–Crippen MR) is 154 cm³/mol. The van der Waals surface area contributed by atoms with Crippen LogP contribution in [0.15, 0.2) is 55.6 Å². The van der Waals surface area contributed by atoms with Crippen LogP contribution in [0, 0.1) is 17.8 Å². The van der Waals surface area contributed by atoms with Crippen LogP contribution in [0.2, 0.25) is 0 Å². The van der Waals surface area contributed by atoms with E-state index in [1.165, 1.54) is 0 Å². The molecule has 3 heterocycles. The van der Waals surface area contributed by atoms with Gasteiger partial charge in [0.2, 0.25) is 17.7 Å². The monoisotopic (exact) mass is 551 g/mol. The molecule has 8 nitrogen and oxygen atoms in total. The number of nitrogens with zero attached hydrogens (tertiary/aromatic N) is 3. The Morgan fingerprint density at radius 1 is 1.15 bits per heavy atom. The maximum atomic E-state index is 14.4. The van der Waals surface area contributed by atoms with Gasteiger partial charge in [-0.2, -0.15) is 0 Å². The van der Waals surface area contributed by atoms with Crippen molar-refractivity contribution in [2.24, 2.45) is 17.8 Å². The lowest BCUT2D eigenvalue weighted by Gasteiger charge is -2.39. The lowest BCUT2D eigenvalue weighted by atomic mass is 9.62. The molecular formula is C32H45N3O5. The van der Waals surface area contributed by atoms with Crippen molar-refractivity contribution in [3.63, 3.8) is 0 Å². The molecule has 3 aliphatic heterocycles. The Hall–Kier alpha value is -2.97. The van der Waals surface area contributed by atoms with Gasteiger partial charge < -0.3 is 24.5 Å². The second kappa shape index (κ2) is 11.9. The first kappa shape index (κ1) is 30.0. The van der Waals surface area contributed by atoms with Gasteiger partial charge in [0.25, 0.3) is 0 Å². The van der Waals surface area contributed by atoms with Gasteiger partial charge in [0, 0.05) is 38.8 Å². The van der Waals surface area contributed by atoms with E-state index in [0.717, 1.165) is 5.56 Å². The normalized spacial score (nSPS) is 30.4. The molecule has 3 amide bonds. The fraction of sp³-hybridized carbons (Fsp3) is 0.594. The molecule has 218 valence electrons. The zero-order valence-electron chi connectivity index (χ0n) is 24.4. The van der Waals surface area contributed by atoms with Crippen molar-refractivity contribution in [3.05, 3.63) is 61.2 Å². The molecule has 4 rings (SSSR count). The van der Waals surface area contributed by atoms with Crippen LogP contribution in [0.4, 0.5) is 0 Å². The highest BCUT2D eigenvalue weighted by Gasteiger charge is 2.80. The Bertz CT molecular complexity index is 1120. The van der Waals surface area contributed by atoms with Gasteiger partial charge >= 0.3 is 0 Å². The van der Waals surface area contributed by atoms with E-state index in [1.807, 2.05) is 51.1 Å². The van der Waals surface area contributed by atoms with E-state index in [2.05, 4.69) is 20.1 Å². The third-order valence-corrected chi connectivity index (χ3v) is 9.23. The molecule has 0 aliphatic carbocycles. The number of fused-ring (bicyclic) bond motifs is 1. The summed E-state index contributed by atoms with van der Waals surface area (Å²) in [6.45, 7) is 17.0. The van der Waals surface area contributed by atoms with E-state index in [1.54, 1.807) is 26.9 Å². The van der Waals surface area contributed by atoms with Gasteiger partial charge in [-0.15, -0.1) is 13.2 Å². The maximum absolute atomic E-state index is 14.4. The Labute approximate surface area is 238 Å². The van der Waals surface area contributed by atoms with Crippen molar-refractivity contribution in [2.75, 3.05) is 26.2 Å². The molecule has 1 N–H and O–H groups in total. The lowest BCUT2D eigenvalue weighted by Crippen LogP contribution is -2.58. The molecule has 0 radical (unpaired) electrons. The van der Waals surface area contributed by atoms with Crippen molar-refractivity contribution < 1.29 is 24.2 Å². The Morgan fingerprint density at radius 3 is 2.42 bits per heavy atom. The number of ether oxygens (including phenoxy) is 1. The summed E-state index contributed by atoms with van der Waals surface area (Å²) in [6.07, 6.45) is 5.00. The molecule has 8 heteroatoms. The molecule has 1 aromatic rings. The smallest absolute Gasteiger partial charge is 0.248 e. The number of carbonyl (C=O) groups is 3. The summed E-state index contributed by atoms with van der Waals surface area (Å²) in [5.41, 5.74) is -0.990. The van der Waals surface area contributed by atoms with Gasteiger partial charge in [-0.1, -0.05) is 49.4 Å². The standard InChI is InChI=1S/C32H45N3O5/c1-7-16-33(21-24-14-10-9-11-15-24)28(37)25-26-29(38)35(18-12-13-19-36)27(30(39)34(17-8-2)22(3)4)32(26)20-23(5)31(25,6)40-32/h7-11,14-15,22-23,25-27,36H,1-2,12-13,16-21H2,3-6H3/t23?,25-,26-,27?,31+,32?/m0/s1. The van der Waals surface area contributed by atoms with Gasteiger partial charge in [0.15, 0.2) is 0 Å². The topological polar surface area (TPSA) is 90.4 Å². The predicted octanol–water partition coefficient (Wildman–Crippen LogP) is 3.41. The third-order valence-electron chi connectivity index (χ3n) is 9.23. The molecule has 40 heavy (non-hydrogen) atoms. The molecule has 3 fully saturated rings. The summed E-state index contributed by atoms with van der Waals surface area (Å²) in [5, 5.41) is 9.42. The first-order valence-corrected chi connectivity index (χ1v) is 14.5. The van der Waals surface area contributed by atoms with Crippen LogP contribution in [0.1, 0.15) is 52.5 Å². The van der Waals surface area contributed by atoms with Crippen LogP contribution in [0.3, 0.4) is 0 Å². The molecule has 2 bridgehead atoms. The van der Waals surface area contributed by atoms with Crippen LogP contribution in [0.5, 0.6) is 0 Å². The Kier molecular flexibility index (Phi) is 8.90. The zero-order chi connectivity index (χ0) is 29.2. The Morgan fingerprint density at radius 2 is 1.82 bits per heavy atom. The number of amides is 3. The van der Waals surface area contributed by atoms with Crippen LogP contribution >= 0.6 is 0 Å². The van der Waals surface area contributed by atoms with E-state index in [9.17, 15) is 19.5 Å². The van der Waals surface area contributed by atoms with Crippen molar-refractivity contribution >= 4 is 17.7 Å². The molecule has 1 aromatic carbocycles. The SMILES string of the molecule is C=CCN(Cc1ccccc1)C(=O)[C@@H]1[C@H]2C(=O)N(CCCCO)C(C(=O)N(CC=C)C(C)C)C23CC(C)[C@@]1(C)O3. The first-order valence-electron chi connectivity index (χ1n) is 14.5. The number of hydrogen-bond donors (Lipinski definition) is 1. The summed E-state index contributed by atoms with van der Waals surface area (Å²) in [6, 6.07) is 8.83. The van der Waals surface area contributed by atoms with Gasteiger partial charge in [-0.3, -0.25) is 14.4 Å². The summed E-state index contributed by atoms with van der Waals surface area (Å²) < 4.78 is 6.89. The van der Waals surface area contributed by atoms with E-state index in [0.29, 0.717) is 45.4 Å². The fourth-order valence-electron chi connectivity index (χ4n) is 7.27. The second-order valence-electron chi connectivity index (χ2n) is 12.0. The number of aliphatic hydroxyl groups excluding tert-OH is 1. The highest BCUT2D eigenvalue weighted by atomic mass is 16.5. The number of hydrogen-bond acceptors (Lipinski definition) is 5. The van der Waals surface area contributed by atoms with E-state index < -0.39 is 29.1 Å². The van der Waals surface area contributed by atoms with E-state index in [-0.39, 0.29) is 36.3 Å². The lowest BCUT2D eigenvalue weighted by molar-refractivity contribution is -0.155. The van der Waals surface area contributed by atoms with Crippen molar-refractivity contribution in [2.45, 2.75) is 76.8 Å². The van der Waals surface area contributed by atoms with Crippen LogP contribution in [-0.2, 0) is 25.7 Å². The maximum Gasteiger partial charge on any atom is 0.248 e. The minimum Gasteiger partial charge on any atom is -0.396 e. The quantitative estimate of drug-likeness (QED) is 0.300. The summed E-state index contributed by atoms with van der Waals surface area (Å²) >= 11 is 0. The Balaban J connectivity index is 1.77. The number of benzene rings is 1. The molecule has 0 aromatic heterocycles. The van der Waals surface area contributed by atoms with Gasteiger partial charge in [0.1, 0.15) is 11.6 Å². The highest BCUT2D eigenvalue weighted by molar-refractivity contribution is 5.99. The number of rotatable bonds is 13. The average Bonchev–Trinajstić information content (AvgIpc) is 3.43. The second-order valence-corrected chi connectivity index (χ2v) is 12.0. The van der Waals surface area contributed by atoms with Gasteiger partial charge in [0.05, 0.1) is 17.4 Å². The fourth-order valence-corrected chi connectivity index (χ4v) is 7.27. The largest absolute Gasteiger partial charge is 0.396 e. The number of likely N-dealkylation sites (tertiary alicyclic amines) is 1. The molecule has 1 spiro atoms. The molecule has 0 saturated carbocycles. The molecule has 3 aliphatic rings. The highest BCUT2D eigenvalue weighted by Crippen LogP contribution is 2.65. The number of carbonyl (C=O) groups excluding carboxylic acids is 3. The molecular weight excluding hydrogens is 506 g/mol. The van der Waals surface area contributed by atoms with Crippen LogP contribution in [0.25, 0.3) is 0 Å². The molecule has 6 atom stereocenters.